The van der Waals surface area contributed by atoms with Crippen LogP contribution in [0.4, 0.5) is 0 Å². The number of hydrogen-bond acceptors (Lipinski definition) is 2. The molecule has 0 aliphatic heterocycles. The van der Waals surface area contributed by atoms with Gasteiger partial charge in [0.25, 0.3) is 0 Å². The first kappa shape index (κ1) is 15.5. The normalized spacial score (nSPS) is 52.0. The molecule has 3 saturated carbocycles. The monoisotopic (exact) mass is 312 g/mol. The van der Waals surface area contributed by atoms with Crippen LogP contribution in [0, 0.1) is 40.9 Å². The van der Waals surface area contributed by atoms with Crippen LogP contribution in [0.3, 0.4) is 0 Å². The third kappa shape index (κ3) is 1.84. The van der Waals surface area contributed by atoms with E-state index in [9.17, 15) is 9.90 Å². The lowest BCUT2D eigenvalue weighted by molar-refractivity contribution is -0.119. The second-order valence-electron chi connectivity index (χ2n) is 8.97. The molecule has 1 N–H and O–H groups in total. The van der Waals surface area contributed by atoms with Crippen molar-refractivity contribution in [3.05, 3.63) is 11.6 Å². The number of terminal acetylenes is 1. The first-order valence-electron chi connectivity index (χ1n) is 9.28. The number of rotatable bonds is 0. The molecule has 0 aromatic heterocycles. The summed E-state index contributed by atoms with van der Waals surface area (Å²) < 4.78 is 0. The summed E-state index contributed by atoms with van der Waals surface area (Å²) in [5.74, 6) is 4.93. The predicted octanol–water partition coefficient (Wildman–Crippen LogP) is 3.88. The summed E-state index contributed by atoms with van der Waals surface area (Å²) >= 11 is 0. The third-order valence-corrected chi connectivity index (χ3v) is 8.35. The zero-order valence-corrected chi connectivity index (χ0v) is 14.4. The van der Waals surface area contributed by atoms with Crippen molar-refractivity contribution in [1.82, 2.24) is 0 Å². The minimum atomic E-state index is -0.914. The van der Waals surface area contributed by atoms with Crippen LogP contribution in [0.25, 0.3) is 0 Å². The van der Waals surface area contributed by atoms with Crippen molar-refractivity contribution in [1.29, 1.82) is 0 Å². The molecule has 4 rings (SSSR count). The van der Waals surface area contributed by atoms with Crippen LogP contribution in [0.15, 0.2) is 11.6 Å². The molecule has 6 atom stereocenters. The Kier molecular flexibility index (Phi) is 3.18. The maximum absolute atomic E-state index is 11.8. The van der Waals surface area contributed by atoms with E-state index < -0.39 is 5.60 Å². The van der Waals surface area contributed by atoms with Gasteiger partial charge in [-0.1, -0.05) is 25.3 Å². The number of carbonyl (C=O) groups is 1. The van der Waals surface area contributed by atoms with Gasteiger partial charge in [-0.25, -0.2) is 0 Å². The molecule has 0 amide bonds. The minimum absolute atomic E-state index is 0.120. The van der Waals surface area contributed by atoms with Crippen molar-refractivity contribution in [3.8, 4) is 12.3 Å². The number of hydrogen-bond donors (Lipinski definition) is 1. The standard InChI is InChI=1S/C21H28O2/c1-4-21(23)12-9-18-16-6-5-14-13-15(22)7-10-19(14,2)17(16)8-11-20(18,21)3/h1,13,16-18,23H,5-12H2,2-3H3/t16-,17+,18+,19+,20-,21-/m0/s1. The summed E-state index contributed by atoms with van der Waals surface area (Å²) in [6.45, 7) is 4.63. The molecule has 0 aromatic carbocycles. The molecule has 3 fully saturated rings. The molecular formula is C21H28O2. The van der Waals surface area contributed by atoms with Crippen molar-refractivity contribution in [2.24, 2.45) is 28.6 Å². The van der Waals surface area contributed by atoms with Crippen LogP contribution in [-0.2, 0) is 4.79 Å². The van der Waals surface area contributed by atoms with Crippen LogP contribution < -0.4 is 0 Å². The quantitative estimate of drug-likeness (QED) is 0.689. The molecule has 0 saturated heterocycles. The second-order valence-corrected chi connectivity index (χ2v) is 8.97. The van der Waals surface area contributed by atoms with Gasteiger partial charge in [-0.15, -0.1) is 6.42 Å². The molecule has 0 bridgehead atoms. The van der Waals surface area contributed by atoms with E-state index in [1.807, 2.05) is 6.08 Å². The fraction of sp³-hybridized carbons (Fsp3) is 0.762. The van der Waals surface area contributed by atoms with Crippen molar-refractivity contribution in [2.45, 2.75) is 70.8 Å². The molecule has 124 valence electrons. The van der Waals surface area contributed by atoms with Crippen LogP contribution in [-0.4, -0.2) is 16.5 Å². The molecular weight excluding hydrogens is 284 g/mol. The Morgan fingerprint density at radius 3 is 2.61 bits per heavy atom. The zero-order valence-electron chi connectivity index (χ0n) is 14.4. The van der Waals surface area contributed by atoms with E-state index in [1.54, 1.807) is 0 Å². The summed E-state index contributed by atoms with van der Waals surface area (Å²) in [5, 5.41) is 11.0. The van der Waals surface area contributed by atoms with E-state index in [2.05, 4.69) is 19.8 Å². The van der Waals surface area contributed by atoms with Crippen LogP contribution in [0.5, 0.6) is 0 Å². The summed E-state index contributed by atoms with van der Waals surface area (Å²) in [6.07, 6.45) is 15.6. The highest BCUT2D eigenvalue weighted by Crippen LogP contribution is 2.67. The zero-order chi connectivity index (χ0) is 16.5. The fourth-order valence-electron chi connectivity index (χ4n) is 6.81. The predicted molar refractivity (Wildman–Crippen MR) is 90.5 cm³/mol. The molecule has 2 nitrogen and oxygen atoms in total. The maximum atomic E-state index is 11.8. The minimum Gasteiger partial charge on any atom is -0.377 e. The molecule has 23 heavy (non-hydrogen) atoms. The Morgan fingerprint density at radius 2 is 1.87 bits per heavy atom. The average molecular weight is 312 g/mol. The SMILES string of the molecule is C#C[C@]1(O)CC[C@@H]2[C@H]3CCC4=CC(=O)CC[C@@]4(C)[C@@H]3CC[C@@]21C. The summed E-state index contributed by atoms with van der Waals surface area (Å²) in [6, 6.07) is 0. The second kappa shape index (κ2) is 4.73. The van der Waals surface area contributed by atoms with Gasteiger partial charge in [0.2, 0.25) is 0 Å². The molecule has 0 radical (unpaired) electrons. The Hall–Kier alpha value is -1.07. The topological polar surface area (TPSA) is 37.3 Å². The van der Waals surface area contributed by atoms with Crippen molar-refractivity contribution >= 4 is 5.78 Å². The number of ketones is 1. The maximum Gasteiger partial charge on any atom is 0.155 e. The van der Waals surface area contributed by atoms with E-state index in [0.717, 1.165) is 38.5 Å². The van der Waals surface area contributed by atoms with Gasteiger partial charge in [0.1, 0.15) is 5.60 Å². The van der Waals surface area contributed by atoms with Gasteiger partial charge < -0.3 is 5.11 Å². The van der Waals surface area contributed by atoms with Gasteiger partial charge in [0.15, 0.2) is 5.78 Å². The van der Waals surface area contributed by atoms with E-state index in [-0.39, 0.29) is 10.8 Å². The average Bonchev–Trinajstić information content (AvgIpc) is 2.80. The Bertz CT molecular complexity index is 626. The lowest BCUT2D eigenvalue weighted by atomic mass is 9.46. The fourth-order valence-corrected chi connectivity index (χ4v) is 6.81. The van der Waals surface area contributed by atoms with Gasteiger partial charge in [0.05, 0.1) is 0 Å². The highest BCUT2D eigenvalue weighted by Gasteiger charge is 2.63. The van der Waals surface area contributed by atoms with Gasteiger partial charge in [0, 0.05) is 11.8 Å². The summed E-state index contributed by atoms with van der Waals surface area (Å²) in [5.41, 5.74) is 0.575. The highest BCUT2D eigenvalue weighted by atomic mass is 16.3. The molecule has 4 aliphatic carbocycles. The first-order valence-corrected chi connectivity index (χ1v) is 9.28. The van der Waals surface area contributed by atoms with E-state index in [4.69, 9.17) is 6.42 Å². The highest BCUT2D eigenvalue weighted by molar-refractivity contribution is 5.91. The molecule has 2 heteroatoms. The smallest absolute Gasteiger partial charge is 0.155 e. The van der Waals surface area contributed by atoms with Gasteiger partial charge in [-0.2, -0.15) is 0 Å². The molecule has 0 heterocycles. The number of allylic oxidation sites excluding steroid dienone is 1. The van der Waals surface area contributed by atoms with Crippen molar-refractivity contribution in [3.63, 3.8) is 0 Å². The molecule has 4 aliphatic rings. The lowest BCUT2D eigenvalue weighted by Gasteiger charge is -2.58. The number of fused-ring (bicyclic) bond motifs is 5. The van der Waals surface area contributed by atoms with Crippen molar-refractivity contribution in [2.75, 3.05) is 0 Å². The number of carbonyl (C=O) groups excluding carboxylic acids is 1. The molecule has 0 unspecified atom stereocenters. The summed E-state index contributed by atoms with van der Waals surface area (Å²) in [4.78, 5) is 11.8. The van der Waals surface area contributed by atoms with E-state index in [1.165, 1.54) is 12.0 Å². The Balaban J connectivity index is 1.70. The van der Waals surface area contributed by atoms with Gasteiger partial charge in [-0.05, 0) is 74.2 Å². The first-order chi connectivity index (χ1) is 10.8. The third-order valence-electron chi connectivity index (χ3n) is 8.35. The Morgan fingerprint density at radius 1 is 1.13 bits per heavy atom. The summed E-state index contributed by atoms with van der Waals surface area (Å²) in [7, 11) is 0. The van der Waals surface area contributed by atoms with Crippen LogP contribution in [0.1, 0.15) is 65.2 Å². The van der Waals surface area contributed by atoms with Crippen molar-refractivity contribution < 1.29 is 9.90 Å². The molecule has 0 spiro atoms. The van der Waals surface area contributed by atoms with Gasteiger partial charge in [-0.3, -0.25) is 4.79 Å². The van der Waals surface area contributed by atoms with Crippen LogP contribution >= 0.6 is 0 Å². The Labute approximate surface area is 139 Å². The van der Waals surface area contributed by atoms with E-state index >= 15 is 0 Å². The number of aliphatic hydroxyl groups is 1. The van der Waals surface area contributed by atoms with E-state index in [0.29, 0.717) is 30.0 Å². The lowest BCUT2D eigenvalue weighted by Crippen LogP contribution is -2.54. The van der Waals surface area contributed by atoms with Gasteiger partial charge >= 0.3 is 0 Å². The molecule has 0 aromatic rings. The largest absolute Gasteiger partial charge is 0.377 e. The van der Waals surface area contributed by atoms with Crippen LogP contribution in [0.2, 0.25) is 0 Å².